The van der Waals surface area contributed by atoms with Gasteiger partial charge in [0.2, 0.25) is 0 Å². The topological polar surface area (TPSA) is 75.7 Å². The summed E-state index contributed by atoms with van der Waals surface area (Å²) in [7, 11) is 1.63. The zero-order valence-corrected chi connectivity index (χ0v) is 18.5. The number of nitrogens with zero attached hydrogens (tertiary/aromatic N) is 1. The summed E-state index contributed by atoms with van der Waals surface area (Å²) in [5, 5.41) is 2.70. The highest BCUT2D eigenvalue weighted by atomic mass is 35.5. The van der Waals surface area contributed by atoms with Gasteiger partial charge in [-0.15, -0.1) is 11.3 Å². The third-order valence-corrected chi connectivity index (χ3v) is 5.49. The van der Waals surface area contributed by atoms with Crippen molar-refractivity contribution >= 4 is 40.7 Å². The first-order valence-corrected chi connectivity index (χ1v) is 10.4. The number of esters is 1. The molecule has 0 saturated carbocycles. The number of aryl methyl sites for hydroxylation is 1. The van der Waals surface area contributed by atoms with Crippen molar-refractivity contribution < 1.29 is 19.1 Å². The largest absolute Gasteiger partial charge is 0.454 e. The van der Waals surface area contributed by atoms with Crippen LogP contribution in [-0.4, -0.2) is 42.4 Å². The van der Waals surface area contributed by atoms with Crippen molar-refractivity contribution in [1.82, 2.24) is 10.2 Å². The van der Waals surface area contributed by atoms with Gasteiger partial charge in [0.1, 0.15) is 6.04 Å². The van der Waals surface area contributed by atoms with Gasteiger partial charge in [-0.2, -0.15) is 0 Å². The van der Waals surface area contributed by atoms with Crippen molar-refractivity contribution in [3.63, 3.8) is 0 Å². The summed E-state index contributed by atoms with van der Waals surface area (Å²) in [6, 6.07) is 9.85. The Bertz CT molecular complexity index is 881. The molecule has 6 nitrogen and oxygen atoms in total. The highest BCUT2D eigenvalue weighted by Crippen LogP contribution is 2.22. The summed E-state index contributed by atoms with van der Waals surface area (Å²) in [5.41, 5.74) is 1.41. The number of carbonyl (C=O) groups excluding carboxylic acids is 3. The average Bonchev–Trinajstić information content (AvgIpc) is 3.07. The molecule has 156 valence electrons. The van der Waals surface area contributed by atoms with E-state index in [0.717, 1.165) is 10.4 Å². The minimum Gasteiger partial charge on any atom is -0.454 e. The van der Waals surface area contributed by atoms with Gasteiger partial charge >= 0.3 is 5.97 Å². The van der Waals surface area contributed by atoms with E-state index in [0.29, 0.717) is 16.4 Å². The number of hydrogen-bond donors (Lipinski definition) is 1. The third-order valence-electron chi connectivity index (χ3n) is 4.27. The lowest BCUT2D eigenvalue weighted by atomic mass is 10.0. The normalized spacial score (nSPS) is 11.8. The van der Waals surface area contributed by atoms with Gasteiger partial charge in [0, 0.05) is 17.5 Å². The molecule has 0 saturated heterocycles. The minimum absolute atomic E-state index is 0.197. The van der Waals surface area contributed by atoms with Crippen molar-refractivity contribution in [2.45, 2.75) is 33.4 Å². The fourth-order valence-corrected chi connectivity index (χ4v) is 3.74. The van der Waals surface area contributed by atoms with E-state index in [2.05, 4.69) is 5.32 Å². The molecule has 0 aliphatic heterocycles. The summed E-state index contributed by atoms with van der Waals surface area (Å²) in [6.07, 6.45) is 0. The molecular formula is C21H25ClN2O4S. The zero-order valence-electron chi connectivity index (χ0n) is 16.9. The lowest BCUT2D eigenvalue weighted by Crippen LogP contribution is -2.46. The van der Waals surface area contributed by atoms with Crippen LogP contribution in [-0.2, 0) is 20.9 Å². The Morgan fingerprint density at radius 1 is 1.21 bits per heavy atom. The van der Waals surface area contributed by atoms with Crippen LogP contribution in [0.5, 0.6) is 0 Å². The Morgan fingerprint density at radius 2 is 1.93 bits per heavy atom. The van der Waals surface area contributed by atoms with Crippen LogP contribution in [0.1, 0.15) is 34.6 Å². The van der Waals surface area contributed by atoms with E-state index in [1.54, 1.807) is 45.2 Å². The number of benzene rings is 1. The van der Waals surface area contributed by atoms with Crippen molar-refractivity contribution in [2.24, 2.45) is 5.92 Å². The Labute approximate surface area is 179 Å². The quantitative estimate of drug-likeness (QED) is 0.640. The Kier molecular flexibility index (Phi) is 8.22. The lowest BCUT2D eigenvalue weighted by molar-refractivity contribution is -0.154. The van der Waals surface area contributed by atoms with Crippen LogP contribution >= 0.6 is 22.9 Å². The van der Waals surface area contributed by atoms with E-state index < -0.39 is 18.6 Å². The van der Waals surface area contributed by atoms with E-state index in [-0.39, 0.29) is 17.7 Å². The molecule has 2 amide bonds. The van der Waals surface area contributed by atoms with Gasteiger partial charge in [-0.05, 0) is 37.1 Å². The van der Waals surface area contributed by atoms with Gasteiger partial charge in [0.15, 0.2) is 6.61 Å². The molecule has 1 heterocycles. The highest BCUT2D eigenvalue weighted by molar-refractivity contribution is 7.16. The second-order valence-corrected chi connectivity index (χ2v) is 8.93. The molecule has 0 fully saturated rings. The molecule has 0 spiro atoms. The summed E-state index contributed by atoms with van der Waals surface area (Å²) in [4.78, 5) is 39.6. The lowest BCUT2D eigenvalue weighted by Gasteiger charge is -2.22. The van der Waals surface area contributed by atoms with Gasteiger partial charge in [-0.3, -0.25) is 9.59 Å². The van der Waals surface area contributed by atoms with E-state index >= 15 is 0 Å². The van der Waals surface area contributed by atoms with Crippen LogP contribution in [0, 0.1) is 12.8 Å². The minimum atomic E-state index is -0.850. The van der Waals surface area contributed by atoms with E-state index in [1.165, 1.54) is 16.2 Å². The van der Waals surface area contributed by atoms with Gasteiger partial charge in [0.05, 0.1) is 10.9 Å². The molecule has 1 N–H and O–H groups in total. The van der Waals surface area contributed by atoms with Gasteiger partial charge < -0.3 is 15.0 Å². The van der Waals surface area contributed by atoms with Gasteiger partial charge in [0.25, 0.3) is 11.8 Å². The maximum atomic E-state index is 12.5. The maximum Gasteiger partial charge on any atom is 0.329 e. The number of carbonyl (C=O) groups is 3. The summed E-state index contributed by atoms with van der Waals surface area (Å²) >= 11 is 7.28. The zero-order chi connectivity index (χ0) is 21.6. The molecule has 1 aromatic heterocycles. The predicted octanol–water partition coefficient (Wildman–Crippen LogP) is 3.67. The van der Waals surface area contributed by atoms with E-state index in [1.807, 2.05) is 19.1 Å². The van der Waals surface area contributed by atoms with E-state index in [4.69, 9.17) is 16.3 Å². The summed E-state index contributed by atoms with van der Waals surface area (Å²) < 4.78 is 5.83. The Hall–Kier alpha value is -2.38. The molecule has 2 aromatic rings. The first-order chi connectivity index (χ1) is 13.7. The maximum absolute atomic E-state index is 12.5. The molecule has 1 unspecified atom stereocenters. The molecule has 29 heavy (non-hydrogen) atoms. The number of nitrogens with one attached hydrogen (secondary N) is 1. The molecule has 0 radical (unpaired) electrons. The molecule has 1 aromatic carbocycles. The van der Waals surface area contributed by atoms with Gasteiger partial charge in [-0.1, -0.05) is 43.1 Å². The standard InChI is InChI=1S/C21H25ClN2O4S/c1-13(2)19(23-20(26)15-7-5-6-14(3)10-15)21(27)28-12-18(25)24(4)11-16-8-9-17(22)29-16/h5-10,13,19H,11-12H2,1-4H3,(H,23,26). The fourth-order valence-electron chi connectivity index (χ4n) is 2.60. The summed E-state index contributed by atoms with van der Waals surface area (Å²) in [5.74, 6) is -1.53. The van der Waals surface area contributed by atoms with Crippen molar-refractivity contribution in [3.8, 4) is 0 Å². The van der Waals surface area contributed by atoms with E-state index in [9.17, 15) is 14.4 Å². The van der Waals surface area contributed by atoms with Crippen molar-refractivity contribution in [2.75, 3.05) is 13.7 Å². The Morgan fingerprint density at radius 3 is 2.52 bits per heavy atom. The van der Waals surface area contributed by atoms with Crippen LogP contribution in [0.4, 0.5) is 0 Å². The average molecular weight is 437 g/mol. The van der Waals surface area contributed by atoms with Crippen molar-refractivity contribution in [1.29, 1.82) is 0 Å². The number of thiophene rings is 1. The number of hydrogen-bond acceptors (Lipinski definition) is 5. The SMILES string of the molecule is Cc1cccc(C(=O)NC(C(=O)OCC(=O)N(C)Cc2ccc(Cl)s2)C(C)C)c1. The molecule has 0 bridgehead atoms. The van der Waals surface area contributed by atoms with Crippen molar-refractivity contribution in [3.05, 3.63) is 56.7 Å². The Balaban J connectivity index is 1.91. The number of amides is 2. The molecule has 0 aliphatic rings. The highest BCUT2D eigenvalue weighted by Gasteiger charge is 2.27. The second-order valence-electron chi connectivity index (χ2n) is 7.13. The molecule has 8 heteroatoms. The second kappa shape index (κ2) is 10.4. The van der Waals surface area contributed by atoms with Crippen LogP contribution in [0.2, 0.25) is 4.34 Å². The number of halogens is 1. The van der Waals surface area contributed by atoms with Gasteiger partial charge in [-0.25, -0.2) is 4.79 Å². The number of rotatable bonds is 8. The molecular weight excluding hydrogens is 412 g/mol. The first-order valence-electron chi connectivity index (χ1n) is 9.19. The number of likely N-dealkylation sites (N-methyl/N-ethyl adjacent to an activating group) is 1. The van der Waals surface area contributed by atoms with Crippen LogP contribution in [0.15, 0.2) is 36.4 Å². The molecule has 1 atom stereocenters. The van der Waals surface area contributed by atoms with Crippen LogP contribution in [0.25, 0.3) is 0 Å². The third kappa shape index (κ3) is 6.87. The monoisotopic (exact) mass is 436 g/mol. The molecule has 0 aliphatic carbocycles. The number of ether oxygens (including phenoxy) is 1. The smallest absolute Gasteiger partial charge is 0.329 e. The van der Waals surface area contributed by atoms with Crippen LogP contribution < -0.4 is 5.32 Å². The summed E-state index contributed by atoms with van der Waals surface area (Å²) in [6.45, 7) is 5.48. The predicted molar refractivity (Wildman–Crippen MR) is 114 cm³/mol. The molecule has 2 rings (SSSR count). The van der Waals surface area contributed by atoms with Crippen LogP contribution in [0.3, 0.4) is 0 Å². The fraction of sp³-hybridized carbons (Fsp3) is 0.381. The first kappa shape index (κ1) is 22.9.